The summed E-state index contributed by atoms with van der Waals surface area (Å²) in [7, 11) is 0. The maximum Gasteiger partial charge on any atom is 0.267 e. The Morgan fingerprint density at radius 3 is 2.70 bits per heavy atom. The smallest absolute Gasteiger partial charge is 0.267 e. The van der Waals surface area contributed by atoms with E-state index in [1.165, 1.54) is 0 Å². The van der Waals surface area contributed by atoms with Crippen LogP contribution in [0.3, 0.4) is 0 Å². The topological polar surface area (TPSA) is 95.1 Å². The van der Waals surface area contributed by atoms with Crippen molar-refractivity contribution in [3.05, 3.63) is 28.3 Å². The summed E-state index contributed by atoms with van der Waals surface area (Å²) in [6.45, 7) is 3.76. The lowest BCUT2D eigenvalue weighted by Crippen LogP contribution is -2.59. The Morgan fingerprint density at radius 1 is 1.26 bits per heavy atom. The third-order valence-electron chi connectivity index (χ3n) is 6.18. The number of imidazole rings is 1. The van der Waals surface area contributed by atoms with E-state index in [1.54, 1.807) is 6.33 Å². The molecule has 9 heteroatoms. The molecule has 0 radical (unpaired) electrons. The molecule has 5 rings (SSSR count). The van der Waals surface area contributed by atoms with Crippen molar-refractivity contribution in [1.82, 2.24) is 29.4 Å². The van der Waals surface area contributed by atoms with E-state index in [4.69, 9.17) is 0 Å². The lowest BCUT2D eigenvalue weighted by molar-refractivity contribution is -0.143. The maximum absolute atomic E-state index is 13.0. The Morgan fingerprint density at radius 2 is 2.04 bits per heavy atom. The Hall–Kier alpha value is -2.29. The van der Waals surface area contributed by atoms with E-state index in [0.29, 0.717) is 23.7 Å². The highest BCUT2D eigenvalue weighted by molar-refractivity contribution is 7.07. The van der Waals surface area contributed by atoms with Crippen LogP contribution in [0.25, 0.3) is 0 Å². The molecule has 0 atom stereocenters. The lowest BCUT2D eigenvalue weighted by Gasteiger charge is -2.50. The Labute approximate surface area is 161 Å². The predicted molar refractivity (Wildman–Crippen MR) is 98.2 cm³/mol. The minimum absolute atomic E-state index is 0.00419. The van der Waals surface area contributed by atoms with Crippen molar-refractivity contribution in [1.29, 1.82) is 0 Å². The molecule has 3 aliphatic rings. The normalized spacial score (nSPS) is 21.4. The first-order valence-corrected chi connectivity index (χ1v) is 10.3. The van der Waals surface area contributed by atoms with Crippen LogP contribution in [0.2, 0.25) is 0 Å². The number of H-pyrrole nitrogens is 1. The summed E-state index contributed by atoms with van der Waals surface area (Å²) >= 11 is 1.15. The van der Waals surface area contributed by atoms with E-state index >= 15 is 0 Å². The molecule has 0 bridgehead atoms. The van der Waals surface area contributed by atoms with E-state index < -0.39 is 0 Å². The summed E-state index contributed by atoms with van der Waals surface area (Å²) in [5, 5.41) is 3.95. The molecule has 142 valence electrons. The van der Waals surface area contributed by atoms with Crippen LogP contribution in [-0.2, 0) is 16.8 Å². The third-order valence-corrected chi connectivity index (χ3v) is 6.99. The van der Waals surface area contributed by atoms with Crippen LogP contribution in [0.4, 0.5) is 0 Å². The van der Waals surface area contributed by atoms with Crippen molar-refractivity contribution in [2.45, 2.75) is 44.6 Å². The number of piperidine rings is 1. The molecular weight excluding hydrogens is 364 g/mol. The molecule has 1 N–H and O–H groups in total. The molecule has 4 heterocycles. The standard InChI is InChI=1S/C18H22N6O2S/c1-11-14(27-22-21-11)17(26)23-8-5-18(6-9-23)15-13(19-10-20-15)4-7-24(18)16(25)12-2-3-12/h10,12H,2-9H2,1H3,(H,19,20). The second kappa shape index (κ2) is 6.12. The van der Waals surface area contributed by atoms with Gasteiger partial charge in [0.15, 0.2) is 0 Å². The lowest BCUT2D eigenvalue weighted by atomic mass is 9.78. The number of nitrogens with zero attached hydrogens (tertiary/aromatic N) is 5. The fraction of sp³-hybridized carbons (Fsp3) is 0.611. The Kier molecular flexibility index (Phi) is 3.82. The van der Waals surface area contributed by atoms with E-state index in [1.807, 2.05) is 11.8 Å². The zero-order chi connectivity index (χ0) is 18.6. The summed E-state index contributed by atoms with van der Waals surface area (Å²) in [5.41, 5.74) is 2.44. The molecule has 27 heavy (non-hydrogen) atoms. The van der Waals surface area contributed by atoms with Gasteiger partial charge in [0, 0.05) is 37.7 Å². The molecule has 2 aromatic rings. The van der Waals surface area contributed by atoms with Gasteiger partial charge in [-0.05, 0) is 44.1 Å². The SMILES string of the molecule is Cc1nnsc1C(=O)N1CCC2(CC1)c1nc[nH]c1CCN2C(=O)C1CC1. The van der Waals surface area contributed by atoms with E-state index in [0.717, 1.165) is 61.6 Å². The van der Waals surface area contributed by atoms with Gasteiger partial charge in [-0.1, -0.05) is 4.49 Å². The van der Waals surface area contributed by atoms with Gasteiger partial charge < -0.3 is 14.8 Å². The summed E-state index contributed by atoms with van der Waals surface area (Å²) < 4.78 is 3.88. The Balaban J connectivity index is 1.42. The molecule has 0 aromatic carbocycles. The van der Waals surface area contributed by atoms with Crippen molar-refractivity contribution < 1.29 is 9.59 Å². The van der Waals surface area contributed by atoms with E-state index in [-0.39, 0.29) is 23.3 Å². The van der Waals surface area contributed by atoms with Crippen molar-refractivity contribution >= 4 is 23.3 Å². The number of hydrogen-bond donors (Lipinski definition) is 1. The Bertz CT molecular complexity index is 893. The minimum Gasteiger partial charge on any atom is -0.348 e. The highest BCUT2D eigenvalue weighted by Gasteiger charge is 2.51. The average molecular weight is 386 g/mol. The van der Waals surface area contributed by atoms with Crippen LogP contribution in [0.15, 0.2) is 6.33 Å². The van der Waals surface area contributed by atoms with Gasteiger partial charge in [0.1, 0.15) is 4.88 Å². The molecule has 1 saturated carbocycles. The van der Waals surface area contributed by atoms with Gasteiger partial charge in [-0.3, -0.25) is 9.59 Å². The first-order chi connectivity index (χ1) is 13.1. The maximum atomic E-state index is 13.0. The van der Waals surface area contributed by atoms with Crippen LogP contribution in [-0.4, -0.2) is 60.8 Å². The molecule has 1 spiro atoms. The highest BCUT2D eigenvalue weighted by atomic mass is 32.1. The first-order valence-electron chi connectivity index (χ1n) is 9.52. The van der Waals surface area contributed by atoms with Crippen LogP contribution in [0.1, 0.15) is 52.4 Å². The summed E-state index contributed by atoms with van der Waals surface area (Å²) in [4.78, 5) is 38.3. The minimum atomic E-state index is -0.384. The van der Waals surface area contributed by atoms with E-state index in [2.05, 4.69) is 24.5 Å². The van der Waals surface area contributed by atoms with Gasteiger partial charge in [-0.2, -0.15) is 0 Å². The predicted octanol–water partition coefficient (Wildman–Crippen LogP) is 1.50. The number of hydrogen-bond acceptors (Lipinski definition) is 6. The molecule has 1 aliphatic carbocycles. The van der Waals surface area contributed by atoms with Gasteiger partial charge in [0.25, 0.3) is 5.91 Å². The van der Waals surface area contributed by atoms with Crippen LogP contribution in [0, 0.1) is 12.8 Å². The number of fused-ring (bicyclic) bond motifs is 2. The average Bonchev–Trinajstić information content (AvgIpc) is 3.26. The molecule has 1 saturated heterocycles. The number of nitrogens with one attached hydrogen (secondary N) is 1. The van der Waals surface area contributed by atoms with Crippen molar-refractivity contribution in [2.75, 3.05) is 19.6 Å². The van der Waals surface area contributed by atoms with Gasteiger partial charge in [0.05, 0.1) is 23.3 Å². The second-order valence-corrected chi connectivity index (χ2v) is 8.51. The zero-order valence-electron chi connectivity index (χ0n) is 15.3. The van der Waals surface area contributed by atoms with Gasteiger partial charge >= 0.3 is 0 Å². The zero-order valence-corrected chi connectivity index (χ0v) is 16.1. The number of carbonyl (C=O) groups excluding carboxylic acids is 2. The number of rotatable bonds is 2. The van der Waals surface area contributed by atoms with Gasteiger partial charge in [-0.25, -0.2) is 4.98 Å². The fourth-order valence-electron chi connectivity index (χ4n) is 4.51. The van der Waals surface area contributed by atoms with Gasteiger partial charge in [-0.15, -0.1) is 5.10 Å². The number of amides is 2. The first kappa shape index (κ1) is 16.9. The monoisotopic (exact) mass is 386 g/mol. The number of aryl methyl sites for hydroxylation is 1. The second-order valence-electron chi connectivity index (χ2n) is 7.76. The quantitative estimate of drug-likeness (QED) is 0.844. The third kappa shape index (κ3) is 2.59. The van der Waals surface area contributed by atoms with E-state index in [9.17, 15) is 9.59 Å². The van der Waals surface area contributed by atoms with Crippen LogP contribution in [0.5, 0.6) is 0 Å². The molecule has 2 aromatic heterocycles. The number of aromatic nitrogens is 4. The molecule has 8 nitrogen and oxygen atoms in total. The summed E-state index contributed by atoms with van der Waals surface area (Å²) in [6.07, 6.45) is 6.01. The van der Waals surface area contributed by atoms with Crippen molar-refractivity contribution in [3.63, 3.8) is 0 Å². The van der Waals surface area contributed by atoms with Gasteiger partial charge in [0.2, 0.25) is 5.91 Å². The summed E-state index contributed by atoms with van der Waals surface area (Å²) in [6, 6.07) is 0. The van der Waals surface area contributed by atoms with Crippen LogP contribution >= 0.6 is 11.5 Å². The number of likely N-dealkylation sites (tertiary alicyclic amines) is 1. The molecule has 2 amide bonds. The highest BCUT2D eigenvalue weighted by Crippen LogP contribution is 2.45. The molecular formula is C18H22N6O2S. The fourth-order valence-corrected chi connectivity index (χ4v) is 5.13. The largest absolute Gasteiger partial charge is 0.348 e. The molecule has 2 fully saturated rings. The van der Waals surface area contributed by atoms with Crippen molar-refractivity contribution in [3.8, 4) is 0 Å². The molecule has 2 aliphatic heterocycles. The molecule has 0 unspecified atom stereocenters. The number of aromatic amines is 1. The summed E-state index contributed by atoms with van der Waals surface area (Å²) in [5.74, 6) is 0.453. The van der Waals surface area contributed by atoms with Crippen molar-refractivity contribution in [2.24, 2.45) is 5.92 Å². The van der Waals surface area contributed by atoms with Crippen LogP contribution < -0.4 is 0 Å². The number of carbonyl (C=O) groups is 2.